The molecule has 1 amide bonds. The van der Waals surface area contributed by atoms with Crippen molar-refractivity contribution in [1.82, 2.24) is 5.16 Å². The number of anilines is 2. The standard InChI is InChI=1S/C15H16ClN3O4/c1-21-13-3-2-10(16)8-11(13)17-15(20)12-9-14(23-18-12)19-4-6-22-7-5-19/h2-3,8-9H,4-7H2,1H3,(H,17,20). The largest absolute Gasteiger partial charge is 0.495 e. The second-order valence-electron chi connectivity index (χ2n) is 4.95. The summed E-state index contributed by atoms with van der Waals surface area (Å²) in [6.07, 6.45) is 0. The summed E-state index contributed by atoms with van der Waals surface area (Å²) in [5, 5.41) is 7.04. The monoisotopic (exact) mass is 337 g/mol. The van der Waals surface area contributed by atoms with Gasteiger partial charge in [-0.25, -0.2) is 0 Å². The van der Waals surface area contributed by atoms with E-state index in [1.165, 1.54) is 7.11 Å². The molecule has 0 atom stereocenters. The quantitative estimate of drug-likeness (QED) is 0.923. The van der Waals surface area contributed by atoms with Gasteiger partial charge in [-0.15, -0.1) is 0 Å². The van der Waals surface area contributed by atoms with E-state index in [0.717, 1.165) is 0 Å². The number of halogens is 1. The fourth-order valence-corrected chi connectivity index (χ4v) is 2.44. The van der Waals surface area contributed by atoms with E-state index in [2.05, 4.69) is 10.5 Å². The number of nitrogens with one attached hydrogen (secondary N) is 1. The van der Waals surface area contributed by atoms with Crippen LogP contribution in [-0.2, 0) is 4.74 Å². The van der Waals surface area contributed by atoms with E-state index < -0.39 is 5.91 Å². The van der Waals surface area contributed by atoms with Crippen molar-refractivity contribution in [1.29, 1.82) is 0 Å². The van der Waals surface area contributed by atoms with Gasteiger partial charge in [0, 0.05) is 24.2 Å². The van der Waals surface area contributed by atoms with Gasteiger partial charge in [-0.3, -0.25) is 4.79 Å². The van der Waals surface area contributed by atoms with Crippen LogP contribution in [0.3, 0.4) is 0 Å². The molecule has 23 heavy (non-hydrogen) atoms. The first-order valence-electron chi connectivity index (χ1n) is 7.11. The highest BCUT2D eigenvalue weighted by molar-refractivity contribution is 6.31. The fourth-order valence-electron chi connectivity index (χ4n) is 2.27. The summed E-state index contributed by atoms with van der Waals surface area (Å²) in [4.78, 5) is 14.3. The lowest BCUT2D eigenvalue weighted by atomic mass is 10.2. The number of benzene rings is 1. The third-order valence-corrected chi connectivity index (χ3v) is 3.70. The number of rotatable bonds is 4. The molecule has 0 spiro atoms. The summed E-state index contributed by atoms with van der Waals surface area (Å²) in [6, 6.07) is 6.58. The van der Waals surface area contributed by atoms with E-state index in [9.17, 15) is 4.79 Å². The minimum absolute atomic E-state index is 0.188. The van der Waals surface area contributed by atoms with Crippen molar-refractivity contribution in [2.24, 2.45) is 0 Å². The van der Waals surface area contributed by atoms with Crippen molar-refractivity contribution in [3.63, 3.8) is 0 Å². The predicted octanol–water partition coefficient (Wildman–Crippen LogP) is 2.43. The number of nitrogens with zero attached hydrogens (tertiary/aromatic N) is 2. The first kappa shape index (κ1) is 15.6. The molecule has 7 nitrogen and oxygen atoms in total. The average molecular weight is 338 g/mol. The van der Waals surface area contributed by atoms with Crippen molar-refractivity contribution in [3.8, 4) is 5.75 Å². The van der Waals surface area contributed by atoms with Gasteiger partial charge in [0.25, 0.3) is 5.91 Å². The van der Waals surface area contributed by atoms with Gasteiger partial charge in [0.1, 0.15) is 5.75 Å². The lowest BCUT2D eigenvalue weighted by molar-refractivity contribution is 0.101. The highest BCUT2D eigenvalue weighted by Crippen LogP contribution is 2.28. The molecule has 1 saturated heterocycles. The molecule has 1 aliphatic rings. The molecule has 1 fully saturated rings. The van der Waals surface area contributed by atoms with Crippen LogP contribution < -0.4 is 15.0 Å². The van der Waals surface area contributed by atoms with Crippen LogP contribution in [0.5, 0.6) is 5.75 Å². The maximum absolute atomic E-state index is 12.3. The van der Waals surface area contributed by atoms with Crippen molar-refractivity contribution in [2.75, 3.05) is 43.6 Å². The number of morpholine rings is 1. The van der Waals surface area contributed by atoms with E-state index in [-0.39, 0.29) is 5.69 Å². The molecule has 122 valence electrons. The van der Waals surface area contributed by atoms with Gasteiger partial charge in [0.05, 0.1) is 26.0 Å². The van der Waals surface area contributed by atoms with Crippen LogP contribution in [-0.4, -0.2) is 44.5 Å². The second kappa shape index (κ2) is 6.89. The molecule has 3 rings (SSSR count). The molecule has 0 bridgehead atoms. The highest BCUT2D eigenvalue weighted by atomic mass is 35.5. The number of carbonyl (C=O) groups is 1. The molecular formula is C15H16ClN3O4. The zero-order valence-corrected chi connectivity index (χ0v) is 13.3. The molecule has 0 saturated carbocycles. The van der Waals surface area contributed by atoms with E-state index >= 15 is 0 Å². The highest BCUT2D eigenvalue weighted by Gasteiger charge is 2.19. The van der Waals surface area contributed by atoms with E-state index in [1.807, 2.05) is 4.90 Å². The SMILES string of the molecule is COc1ccc(Cl)cc1NC(=O)c1cc(N2CCOCC2)on1. The van der Waals surface area contributed by atoms with Gasteiger partial charge < -0.3 is 24.2 Å². The number of ether oxygens (including phenoxy) is 2. The van der Waals surface area contributed by atoms with Gasteiger partial charge >= 0.3 is 0 Å². The molecule has 1 N–H and O–H groups in total. The summed E-state index contributed by atoms with van der Waals surface area (Å²) in [5.74, 6) is 0.671. The van der Waals surface area contributed by atoms with Crippen molar-refractivity contribution >= 4 is 29.1 Å². The Kier molecular flexibility index (Phi) is 4.68. The van der Waals surface area contributed by atoms with E-state index in [1.54, 1.807) is 24.3 Å². The number of aromatic nitrogens is 1. The predicted molar refractivity (Wildman–Crippen MR) is 85.5 cm³/mol. The Morgan fingerprint density at radius 2 is 2.13 bits per heavy atom. The van der Waals surface area contributed by atoms with Crippen LogP contribution >= 0.6 is 11.6 Å². The Balaban J connectivity index is 1.73. The van der Waals surface area contributed by atoms with Crippen LogP contribution in [0.1, 0.15) is 10.5 Å². The third kappa shape index (κ3) is 3.57. The molecule has 2 heterocycles. The normalized spacial score (nSPS) is 14.6. The van der Waals surface area contributed by atoms with Gasteiger partial charge in [0.2, 0.25) is 5.88 Å². The summed E-state index contributed by atoms with van der Waals surface area (Å²) in [5.41, 5.74) is 0.662. The van der Waals surface area contributed by atoms with Crippen LogP contribution in [0.25, 0.3) is 0 Å². The maximum atomic E-state index is 12.3. The van der Waals surface area contributed by atoms with Gasteiger partial charge in [-0.1, -0.05) is 16.8 Å². The summed E-state index contributed by atoms with van der Waals surface area (Å²) in [7, 11) is 1.52. The second-order valence-corrected chi connectivity index (χ2v) is 5.38. The first-order chi connectivity index (χ1) is 11.2. The smallest absolute Gasteiger partial charge is 0.278 e. The van der Waals surface area contributed by atoms with Crippen LogP contribution in [0.15, 0.2) is 28.8 Å². The molecule has 1 aromatic carbocycles. The van der Waals surface area contributed by atoms with E-state index in [0.29, 0.717) is 48.6 Å². The maximum Gasteiger partial charge on any atom is 0.278 e. The summed E-state index contributed by atoms with van der Waals surface area (Å²) >= 11 is 5.95. The molecule has 2 aromatic rings. The molecule has 1 aliphatic heterocycles. The van der Waals surface area contributed by atoms with Gasteiger partial charge in [0.15, 0.2) is 5.69 Å². The Bertz CT molecular complexity index is 698. The molecule has 8 heteroatoms. The lowest BCUT2D eigenvalue weighted by Gasteiger charge is -2.25. The summed E-state index contributed by atoms with van der Waals surface area (Å²) in [6.45, 7) is 2.67. The van der Waals surface area contributed by atoms with Crippen LogP contribution in [0.2, 0.25) is 5.02 Å². The number of hydrogen-bond donors (Lipinski definition) is 1. The van der Waals surface area contributed by atoms with E-state index in [4.69, 9.17) is 25.6 Å². The topological polar surface area (TPSA) is 76.8 Å². The number of methoxy groups -OCH3 is 1. The average Bonchev–Trinajstić information content (AvgIpc) is 3.06. The van der Waals surface area contributed by atoms with Crippen molar-refractivity contribution in [3.05, 3.63) is 35.0 Å². The fraction of sp³-hybridized carbons (Fsp3) is 0.333. The Labute approximate surface area is 138 Å². The molecular weight excluding hydrogens is 322 g/mol. The summed E-state index contributed by atoms with van der Waals surface area (Å²) < 4.78 is 15.7. The van der Waals surface area contributed by atoms with Crippen molar-refractivity contribution in [2.45, 2.75) is 0 Å². The van der Waals surface area contributed by atoms with Crippen LogP contribution in [0, 0.1) is 0 Å². The Morgan fingerprint density at radius 1 is 1.35 bits per heavy atom. The number of hydrogen-bond acceptors (Lipinski definition) is 6. The Morgan fingerprint density at radius 3 is 2.87 bits per heavy atom. The van der Waals surface area contributed by atoms with Gasteiger partial charge in [-0.05, 0) is 18.2 Å². The van der Waals surface area contributed by atoms with Gasteiger partial charge in [-0.2, -0.15) is 0 Å². The molecule has 0 unspecified atom stereocenters. The van der Waals surface area contributed by atoms with Crippen LogP contribution in [0.4, 0.5) is 11.6 Å². The number of amides is 1. The van der Waals surface area contributed by atoms with Crippen molar-refractivity contribution < 1.29 is 18.8 Å². The lowest BCUT2D eigenvalue weighted by Crippen LogP contribution is -2.35. The minimum atomic E-state index is -0.395. The molecule has 1 aromatic heterocycles. The zero-order chi connectivity index (χ0) is 16.2. The number of carbonyl (C=O) groups excluding carboxylic acids is 1. The molecule has 0 radical (unpaired) electrons. The Hall–Kier alpha value is -2.25. The minimum Gasteiger partial charge on any atom is -0.495 e. The first-order valence-corrected chi connectivity index (χ1v) is 7.49. The zero-order valence-electron chi connectivity index (χ0n) is 12.5. The molecule has 0 aliphatic carbocycles. The third-order valence-electron chi connectivity index (χ3n) is 3.46.